The van der Waals surface area contributed by atoms with Crippen molar-refractivity contribution in [2.75, 3.05) is 13.2 Å². The molecule has 1 atom stereocenters. The second kappa shape index (κ2) is 54.7. The molecule has 0 aromatic rings. The molecule has 0 aromatic carbocycles. The number of hydrogen-bond acceptors (Lipinski definition) is 6. The molecule has 382 valence electrons. The minimum absolute atomic E-state index is 0.0861. The van der Waals surface area contributed by atoms with Gasteiger partial charge in [-0.05, 0) is 109 Å². The van der Waals surface area contributed by atoms with Crippen LogP contribution in [0.5, 0.6) is 0 Å². The summed E-state index contributed by atoms with van der Waals surface area (Å²) in [6.45, 7) is 6.59. The van der Waals surface area contributed by atoms with E-state index in [-0.39, 0.29) is 31.1 Å². The summed E-state index contributed by atoms with van der Waals surface area (Å²) in [5, 5.41) is 0. The Balaban J connectivity index is 4.42. The molecule has 0 aliphatic heterocycles. The predicted molar refractivity (Wildman–Crippen MR) is 284 cm³/mol. The normalized spacial score (nSPS) is 12.5. The second-order valence-corrected chi connectivity index (χ2v) is 18.8. The lowest BCUT2D eigenvalue weighted by Gasteiger charge is -2.18. The number of ether oxygens (including phenoxy) is 3. The summed E-state index contributed by atoms with van der Waals surface area (Å²) >= 11 is 0. The van der Waals surface area contributed by atoms with Gasteiger partial charge in [0, 0.05) is 19.3 Å². The van der Waals surface area contributed by atoms with Crippen LogP contribution in [0.15, 0.2) is 60.8 Å². The van der Waals surface area contributed by atoms with Crippen LogP contribution in [0.1, 0.15) is 284 Å². The van der Waals surface area contributed by atoms with E-state index in [9.17, 15) is 14.4 Å². The van der Waals surface area contributed by atoms with Crippen LogP contribution in [0, 0.1) is 0 Å². The van der Waals surface area contributed by atoms with Crippen molar-refractivity contribution < 1.29 is 28.6 Å². The lowest BCUT2D eigenvalue weighted by Crippen LogP contribution is -2.30. The number of esters is 3. The largest absolute Gasteiger partial charge is 0.462 e. The molecule has 0 fully saturated rings. The number of hydrogen-bond donors (Lipinski definition) is 0. The summed E-state index contributed by atoms with van der Waals surface area (Å²) in [5.74, 6) is -0.907. The Labute approximate surface area is 409 Å². The lowest BCUT2D eigenvalue weighted by atomic mass is 10.1. The molecule has 0 radical (unpaired) electrons. The fourth-order valence-electron chi connectivity index (χ4n) is 7.91. The van der Waals surface area contributed by atoms with Crippen molar-refractivity contribution in [3.05, 3.63) is 60.8 Å². The summed E-state index contributed by atoms with van der Waals surface area (Å²) in [6, 6.07) is 0. The van der Waals surface area contributed by atoms with E-state index in [4.69, 9.17) is 14.2 Å². The standard InChI is InChI=1S/C60H106O6/c1-4-7-10-13-16-19-22-25-28-30-33-35-38-41-44-47-50-53-59(62)65-56-57(55-64-58(61)52-49-46-43-40-37-34-31-27-24-21-18-15-12-9-6-3)66-60(63)54-51-48-45-42-39-36-32-29-26-23-20-17-14-11-8-5-2/h16,19-20,23,25,27-29,31-32,57H,4-15,17-18,21-22,24,26,30,33-56H2,1-3H3/b19-16-,23-20-,28-25-,31-27-,32-29-. The number of carbonyl (C=O) groups is 3. The molecule has 0 aromatic heterocycles. The SMILES string of the molecule is CCCCC/C=C\C/C=C\CCCCCCCCCC(=O)OCC(COC(=O)CCCCCCC/C=C\CCCCCCCC)OC(=O)CCCCCCC/C=C\C/C=C\CCCCCC. The van der Waals surface area contributed by atoms with Crippen molar-refractivity contribution in [2.45, 2.75) is 290 Å². The molecule has 0 amide bonds. The zero-order valence-corrected chi connectivity index (χ0v) is 43.7. The maximum atomic E-state index is 12.8. The van der Waals surface area contributed by atoms with Crippen molar-refractivity contribution in [3.8, 4) is 0 Å². The fraction of sp³-hybridized carbons (Fsp3) is 0.783. The van der Waals surface area contributed by atoms with Crippen LogP contribution in [-0.2, 0) is 28.6 Å². The van der Waals surface area contributed by atoms with Crippen molar-refractivity contribution in [1.82, 2.24) is 0 Å². The first kappa shape index (κ1) is 63.1. The third kappa shape index (κ3) is 52.1. The van der Waals surface area contributed by atoms with E-state index in [1.807, 2.05) is 0 Å². The first-order valence-electron chi connectivity index (χ1n) is 28.3. The van der Waals surface area contributed by atoms with Gasteiger partial charge in [0.25, 0.3) is 0 Å². The molecule has 0 saturated carbocycles. The summed E-state index contributed by atoms with van der Waals surface area (Å²) in [4.78, 5) is 38.1. The van der Waals surface area contributed by atoms with Gasteiger partial charge < -0.3 is 14.2 Å². The summed E-state index contributed by atoms with van der Waals surface area (Å²) in [7, 11) is 0. The predicted octanol–water partition coefficient (Wildman–Crippen LogP) is 18.8. The highest BCUT2D eigenvalue weighted by atomic mass is 16.6. The molecule has 0 saturated heterocycles. The maximum Gasteiger partial charge on any atom is 0.306 e. The van der Waals surface area contributed by atoms with E-state index < -0.39 is 6.10 Å². The first-order chi connectivity index (χ1) is 32.5. The van der Waals surface area contributed by atoms with E-state index in [0.717, 1.165) is 103 Å². The van der Waals surface area contributed by atoms with Gasteiger partial charge in [0.1, 0.15) is 13.2 Å². The van der Waals surface area contributed by atoms with E-state index in [1.165, 1.54) is 141 Å². The quantitative estimate of drug-likeness (QED) is 0.0262. The average molecular weight is 924 g/mol. The fourth-order valence-corrected chi connectivity index (χ4v) is 7.91. The van der Waals surface area contributed by atoms with E-state index in [0.29, 0.717) is 19.3 Å². The van der Waals surface area contributed by atoms with Crippen LogP contribution in [0.4, 0.5) is 0 Å². The third-order valence-electron chi connectivity index (χ3n) is 12.2. The van der Waals surface area contributed by atoms with Crippen molar-refractivity contribution in [3.63, 3.8) is 0 Å². The van der Waals surface area contributed by atoms with E-state index in [1.54, 1.807) is 0 Å². The van der Waals surface area contributed by atoms with Gasteiger partial charge in [-0.1, -0.05) is 216 Å². The molecule has 0 spiro atoms. The lowest BCUT2D eigenvalue weighted by molar-refractivity contribution is -0.167. The summed E-state index contributed by atoms with van der Waals surface area (Å²) in [5.41, 5.74) is 0. The second-order valence-electron chi connectivity index (χ2n) is 18.8. The van der Waals surface area contributed by atoms with Gasteiger partial charge in [0.05, 0.1) is 0 Å². The topological polar surface area (TPSA) is 78.9 Å². The van der Waals surface area contributed by atoms with Gasteiger partial charge in [-0.25, -0.2) is 0 Å². The minimum Gasteiger partial charge on any atom is -0.462 e. The minimum atomic E-state index is -0.788. The van der Waals surface area contributed by atoms with Gasteiger partial charge in [-0.3, -0.25) is 14.4 Å². The van der Waals surface area contributed by atoms with Gasteiger partial charge in [0.2, 0.25) is 0 Å². The van der Waals surface area contributed by atoms with Crippen LogP contribution in [0.3, 0.4) is 0 Å². The van der Waals surface area contributed by atoms with Crippen LogP contribution in [-0.4, -0.2) is 37.2 Å². The Hall–Kier alpha value is -2.89. The van der Waals surface area contributed by atoms with Gasteiger partial charge in [-0.2, -0.15) is 0 Å². The van der Waals surface area contributed by atoms with Gasteiger partial charge in [0.15, 0.2) is 6.10 Å². The molecular weight excluding hydrogens is 817 g/mol. The molecular formula is C60H106O6. The maximum absolute atomic E-state index is 12.8. The van der Waals surface area contributed by atoms with Crippen molar-refractivity contribution in [2.24, 2.45) is 0 Å². The molecule has 0 heterocycles. The van der Waals surface area contributed by atoms with Gasteiger partial charge in [-0.15, -0.1) is 0 Å². The summed E-state index contributed by atoms with van der Waals surface area (Å²) < 4.78 is 16.8. The molecule has 1 unspecified atom stereocenters. The van der Waals surface area contributed by atoms with Gasteiger partial charge >= 0.3 is 17.9 Å². The molecule has 0 rings (SSSR count). The highest BCUT2D eigenvalue weighted by molar-refractivity contribution is 5.71. The van der Waals surface area contributed by atoms with Crippen LogP contribution < -0.4 is 0 Å². The van der Waals surface area contributed by atoms with Crippen molar-refractivity contribution in [1.29, 1.82) is 0 Å². The van der Waals surface area contributed by atoms with Crippen LogP contribution >= 0.6 is 0 Å². The third-order valence-corrected chi connectivity index (χ3v) is 12.2. The number of unbranched alkanes of at least 4 members (excludes halogenated alkanes) is 30. The first-order valence-corrected chi connectivity index (χ1v) is 28.3. The monoisotopic (exact) mass is 923 g/mol. The number of carbonyl (C=O) groups excluding carboxylic acids is 3. The zero-order chi connectivity index (χ0) is 47.9. The molecule has 0 aliphatic carbocycles. The Kier molecular flexibility index (Phi) is 52.3. The molecule has 6 heteroatoms. The molecule has 0 N–H and O–H groups in total. The smallest absolute Gasteiger partial charge is 0.306 e. The molecule has 0 bridgehead atoms. The number of allylic oxidation sites excluding steroid dienone is 10. The van der Waals surface area contributed by atoms with Crippen LogP contribution in [0.2, 0.25) is 0 Å². The Morgan fingerprint density at radius 3 is 0.894 bits per heavy atom. The van der Waals surface area contributed by atoms with E-state index >= 15 is 0 Å². The Bertz CT molecular complexity index is 1200. The average Bonchev–Trinajstić information content (AvgIpc) is 3.31. The van der Waals surface area contributed by atoms with E-state index in [2.05, 4.69) is 81.5 Å². The highest BCUT2D eigenvalue weighted by Crippen LogP contribution is 2.14. The summed E-state index contributed by atoms with van der Waals surface area (Å²) in [6.07, 6.45) is 67.7. The Morgan fingerprint density at radius 2 is 0.545 bits per heavy atom. The Morgan fingerprint density at radius 1 is 0.303 bits per heavy atom. The highest BCUT2D eigenvalue weighted by Gasteiger charge is 2.19. The number of rotatable bonds is 51. The van der Waals surface area contributed by atoms with Crippen molar-refractivity contribution >= 4 is 17.9 Å². The molecule has 6 nitrogen and oxygen atoms in total. The van der Waals surface area contributed by atoms with Crippen LogP contribution in [0.25, 0.3) is 0 Å². The zero-order valence-electron chi connectivity index (χ0n) is 43.7. The molecule has 0 aliphatic rings. The molecule has 66 heavy (non-hydrogen) atoms.